The molecule has 2 aromatic carbocycles. The lowest BCUT2D eigenvalue weighted by Crippen LogP contribution is -1.90. The molecule has 0 aliphatic heterocycles. The largest absolute Gasteiger partial charge is 0.264 e. The maximum atomic E-state index is 4.56. The summed E-state index contributed by atoms with van der Waals surface area (Å²) in [7, 11) is 0. The first-order chi connectivity index (χ1) is 11.3. The highest BCUT2D eigenvalue weighted by Crippen LogP contribution is 2.34. The molecule has 2 heterocycles. The number of fused-ring (bicyclic) bond motifs is 3. The summed E-state index contributed by atoms with van der Waals surface area (Å²) >= 11 is 0. The van der Waals surface area contributed by atoms with Gasteiger partial charge in [0.25, 0.3) is 0 Å². The molecule has 0 unspecified atom stereocenters. The molecule has 4 aromatic rings. The smallest absolute Gasteiger partial charge is 0.0796 e. The van der Waals surface area contributed by atoms with Gasteiger partial charge in [0.05, 0.1) is 5.52 Å². The molecule has 0 N–H and O–H groups in total. The van der Waals surface area contributed by atoms with E-state index in [1.165, 1.54) is 27.6 Å². The standard InChI is InChI=1S/C21H18N2/c1-3-15-9-14(2)10-17(11-15)19-12-16-5-4-7-23-21(16)20-13-22-8-6-18(19)20/h4-13H,3H2,1-2H3. The van der Waals surface area contributed by atoms with Gasteiger partial charge in [0, 0.05) is 29.4 Å². The quantitative estimate of drug-likeness (QED) is 0.468. The van der Waals surface area contributed by atoms with Gasteiger partial charge in [-0.1, -0.05) is 36.8 Å². The molecule has 0 amide bonds. The maximum absolute atomic E-state index is 4.56. The van der Waals surface area contributed by atoms with Crippen LogP contribution >= 0.6 is 0 Å². The molecule has 0 saturated carbocycles. The summed E-state index contributed by atoms with van der Waals surface area (Å²) in [5, 5.41) is 3.47. The molecule has 0 aliphatic rings. The van der Waals surface area contributed by atoms with E-state index in [1.54, 1.807) is 0 Å². The number of benzene rings is 2. The van der Waals surface area contributed by atoms with Crippen LogP contribution in [0.5, 0.6) is 0 Å². The Labute approximate surface area is 135 Å². The summed E-state index contributed by atoms with van der Waals surface area (Å²) in [4.78, 5) is 8.86. The fraction of sp³-hybridized carbons (Fsp3) is 0.143. The number of hydrogen-bond donors (Lipinski definition) is 0. The third-order valence-corrected chi connectivity index (χ3v) is 4.36. The van der Waals surface area contributed by atoms with Gasteiger partial charge in [0.1, 0.15) is 0 Å². The first-order valence-electron chi connectivity index (χ1n) is 7.98. The number of rotatable bonds is 2. The van der Waals surface area contributed by atoms with Crippen molar-refractivity contribution in [3.63, 3.8) is 0 Å². The first-order valence-corrected chi connectivity index (χ1v) is 7.98. The van der Waals surface area contributed by atoms with Crippen LogP contribution in [0.2, 0.25) is 0 Å². The van der Waals surface area contributed by atoms with Gasteiger partial charge in [-0.15, -0.1) is 0 Å². The Hall–Kier alpha value is -2.74. The van der Waals surface area contributed by atoms with Gasteiger partial charge >= 0.3 is 0 Å². The lowest BCUT2D eigenvalue weighted by atomic mass is 9.94. The van der Waals surface area contributed by atoms with Crippen LogP contribution in [0.15, 0.2) is 61.1 Å². The second kappa shape index (κ2) is 5.47. The molecule has 0 saturated heterocycles. The van der Waals surface area contributed by atoms with Crippen LogP contribution < -0.4 is 0 Å². The zero-order chi connectivity index (χ0) is 15.8. The zero-order valence-corrected chi connectivity index (χ0v) is 13.4. The van der Waals surface area contributed by atoms with Crippen LogP contribution in [0, 0.1) is 6.92 Å². The van der Waals surface area contributed by atoms with E-state index in [9.17, 15) is 0 Å². The third kappa shape index (κ3) is 2.36. The minimum absolute atomic E-state index is 1.02. The molecule has 112 valence electrons. The summed E-state index contributed by atoms with van der Waals surface area (Å²) in [5.74, 6) is 0. The molecule has 4 rings (SSSR count). The Morgan fingerprint density at radius 2 is 1.87 bits per heavy atom. The molecule has 23 heavy (non-hydrogen) atoms. The van der Waals surface area contributed by atoms with E-state index in [0.29, 0.717) is 0 Å². The fourth-order valence-electron chi connectivity index (χ4n) is 3.27. The van der Waals surface area contributed by atoms with Crippen molar-refractivity contribution in [2.45, 2.75) is 20.3 Å². The van der Waals surface area contributed by atoms with Gasteiger partial charge in [0.2, 0.25) is 0 Å². The van der Waals surface area contributed by atoms with E-state index >= 15 is 0 Å². The molecule has 0 aliphatic carbocycles. The Kier molecular flexibility index (Phi) is 3.30. The van der Waals surface area contributed by atoms with Crippen molar-refractivity contribution in [1.82, 2.24) is 9.97 Å². The zero-order valence-electron chi connectivity index (χ0n) is 13.4. The normalized spacial score (nSPS) is 11.2. The number of aryl methyl sites for hydroxylation is 2. The Balaban J connectivity index is 2.11. The Morgan fingerprint density at radius 1 is 0.957 bits per heavy atom. The third-order valence-electron chi connectivity index (χ3n) is 4.36. The average Bonchev–Trinajstić information content (AvgIpc) is 2.60. The van der Waals surface area contributed by atoms with Gasteiger partial charge in [-0.05, 0) is 53.6 Å². The van der Waals surface area contributed by atoms with Crippen LogP contribution in [-0.4, -0.2) is 9.97 Å². The highest BCUT2D eigenvalue weighted by molar-refractivity contribution is 6.11. The van der Waals surface area contributed by atoms with E-state index in [4.69, 9.17) is 0 Å². The molecule has 2 heteroatoms. The van der Waals surface area contributed by atoms with E-state index in [-0.39, 0.29) is 0 Å². The van der Waals surface area contributed by atoms with Crippen molar-refractivity contribution in [1.29, 1.82) is 0 Å². The second-order valence-electron chi connectivity index (χ2n) is 5.98. The predicted molar refractivity (Wildman–Crippen MR) is 96.6 cm³/mol. The van der Waals surface area contributed by atoms with Gasteiger partial charge in [-0.2, -0.15) is 0 Å². The van der Waals surface area contributed by atoms with Crippen molar-refractivity contribution in [2.24, 2.45) is 0 Å². The molecule has 2 nitrogen and oxygen atoms in total. The van der Waals surface area contributed by atoms with Crippen LogP contribution in [0.4, 0.5) is 0 Å². The van der Waals surface area contributed by atoms with Crippen molar-refractivity contribution < 1.29 is 0 Å². The molecule has 2 aromatic heterocycles. The fourth-order valence-corrected chi connectivity index (χ4v) is 3.27. The molecular formula is C21H18N2. The average molecular weight is 298 g/mol. The summed E-state index contributed by atoms with van der Waals surface area (Å²) in [6.07, 6.45) is 6.67. The minimum atomic E-state index is 1.02. The highest BCUT2D eigenvalue weighted by Gasteiger charge is 2.10. The van der Waals surface area contributed by atoms with Crippen LogP contribution in [-0.2, 0) is 6.42 Å². The highest BCUT2D eigenvalue weighted by atomic mass is 14.7. The lowest BCUT2D eigenvalue weighted by Gasteiger charge is -2.12. The van der Waals surface area contributed by atoms with E-state index < -0.39 is 0 Å². The monoisotopic (exact) mass is 298 g/mol. The molecule has 0 atom stereocenters. The lowest BCUT2D eigenvalue weighted by molar-refractivity contribution is 1.13. The van der Waals surface area contributed by atoms with Gasteiger partial charge in [-0.3, -0.25) is 9.97 Å². The maximum Gasteiger partial charge on any atom is 0.0796 e. The Morgan fingerprint density at radius 3 is 2.74 bits per heavy atom. The summed E-state index contributed by atoms with van der Waals surface area (Å²) in [6, 6.07) is 15.3. The van der Waals surface area contributed by atoms with Crippen molar-refractivity contribution >= 4 is 21.7 Å². The van der Waals surface area contributed by atoms with E-state index in [0.717, 1.165) is 22.7 Å². The predicted octanol–water partition coefficient (Wildman–Crippen LogP) is 5.32. The Bertz CT molecular complexity index is 1020. The first kappa shape index (κ1) is 13.9. The molecule has 0 spiro atoms. The van der Waals surface area contributed by atoms with Gasteiger partial charge in [0.15, 0.2) is 0 Å². The molecule has 0 bridgehead atoms. The van der Waals surface area contributed by atoms with Crippen LogP contribution in [0.3, 0.4) is 0 Å². The summed E-state index contributed by atoms with van der Waals surface area (Å²) < 4.78 is 0. The number of hydrogen-bond acceptors (Lipinski definition) is 2. The number of aromatic nitrogens is 2. The van der Waals surface area contributed by atoms with Gasteiger partial charge < -0.3 is 0 Å². The number of nitrogens with zero attached hydrogens (tertiary/aromatic N) is 2. The molecular weight excluding hydrogens is 280 g/mol. The van der Waals surface area contributed by atoms with Crippen molar-refractivity contribution in [3.8, 4) is 11.1 Å². The number of pyridine rings is 2. The summed E-state index contributed by atoms with van der Waals surface area (Å²) in [6.45, 7) is 4.36. The second-order valence-corrected chi connectivity index (χ2v) is 5.98. The van der Waals surface area contributed by atoms with Crippen LogP contribution in [0.25, 0.3) is 32.8 Å². The molecule has 0 fully saturated rings. The van der Waals surface area contributed by atoms with Crippen molar-refractivity contribution in [3.05, 3.63) is 72.2 Å². The van der Waals surface area contributed by atoms with E-state index in [2.05, 4.69) is 60.2 Å². The van der Waals surface area contributed by atoms with E-state index in [1.807, 2.05) is 24.7 Å². The van der Waals surface area contributed by atoms with Gasteiger partial charge in [-0.25, -0.2) is 0 Å². The molecule has 0 radical (unpaired) electrons. The van der Waals surface area contributed by atoms with Crippen LogP contribution in [0.1, 0.15) is 18.1 Å². The summed E-state index contributed by atoms with van der Waals surface area (Å²) in [5.41, 5.74) is 6.20. The minimum Gasteiger partial charge on any atom is -0.264 e. The van der Waals surface area contributed by atoms with Crippen molar-refractivity contribution in [2.75, 3.05) is 0 Å². The SMILES string of the molecule is CCc1cc(C)cc(-c2cc3cccnc3c3cnccc23)c1. The topological polar surface area (TPSA) is 25.8 Å².